The number of methoxy groups -OCH3 is 1. The number of alkyl carbamates (subject to hydrolysis) is 1. The number of amides is 2. The number of carbonyl (C=O) groups excluding carboxylic acids is 2. The van der Waals surface area contributed by atoms with Gasteiger partial charge in [0.1, 0.15) is 28.3 Å². The fourth-order valence-electron chi connectivity index (χ4n) is 8.04. The molecular weight excluding hydrogens is 703 g/mol. The van der Waals surface area contributed by atoms with Gasteiger partial charge in [-0.05, 0) is 102 Å². The van der Waals surface area contributed by atoms with Crippen molar-refractivity contribution in [1.82, 2.24) is 33.9 Å². The zero-order chi connectivity index (χ0) is 37.9. The van der Waals surface area contributed by atoms with Gasteiger partial charge in [-0.15, -0.1) is 4.72 Å². The Kier molecular flexibility index (Phi) is 9.60. The Hall–Kier alpha value is -4.59. The molecule has 0 radical (unpaired) electrons. The van der Waals surface area contributed by atoms with E-state index in [-0.39, 0.29) is 36.7 Å². The van der Waals surface area contributed by atoms with Gasteiger partial charge >= 0.3 is 6.09 Å². The summed E-state index contributed by atoms with van der Waals surface area (Å²) in [6, 6.07) is 19.0. The summed E-state index contributed by atoms with van der Waals surface area (Å²) in [4.78, 5) is 39.3. The highest BCUT2D eigenvalue weighted by Gasteiger charge is 2.49. The molecule has 5 aromatic rings. The monoisotopic (exact) mass is 751 g/mol. The maximum atomic E-state index is 14.3. The molecule has 1 saturated carbocycles. The third-order valence-electron chi connectivity index (χ3n) is 11.1. The Bertz CT molecular complexity index is 2210. The van der Waals surface area contributed by atoms with Crippen LogP contribution in [0.4, 0.5) is 4.79 Å². The van der Waals surface area contributed by atoms with Gasteiger partial charge in [0.2, 0.25) is 0 Å². The molecule has 54 heavy (non-hydrogen) atoms. The van der Waals surface area contributed by atoms with Crippen molar-refractivity contribution in [2.24, 2.45) is 5.92 Å². The van der Waals surface area contributed by atoms with Crippen molar-refractivity contribution in [1.29, 1.82) is 0 Å². The number of hydrogen-bond acceptors (Lipinski definition) is 8. The number of imidazole rings is 1. The molecule has 0 spiro atoms. The van der Waals surface area contributed by atoms with Crippen LogP contribution in [0.15, 0.2) is 60.7 Å². The van der Waals surface area contributed by atoms with Gasteiger partial charge in [0, 0.05) is 41.0 Å². The van der Waals surface area contributed by atoms with Gasteiger partial charge < -0.3 is 28.8 Å². The Morgan fingerprint density at radius 3 is 2.54 bits per heavy atom. The number of pyridine rings is 2. The summed E-state index contributed by atoms with van der Waals surface area (Å²) in [5.74, 6) is 1.00. The van der Waals surface area contributed by atoms with Crippen LogP contribution in [0.3, 0.4) is 0 Å². The van der Waals surface area contributed by atoms with Gasteiger partial charge in [-0.1, -0.05) is 30.3 Å². The second-order valence-electron chi connectivity index (χ2n) is 16.0. The van der Waals surface area contributed by atoms with Crippen LogP contribution in [-0.4, -0.2) is 70.4 Å². The van der Waals surface area contributed by atoms with Crippen molar-refractivity contribution in [3.05, 3.63) is 83.2 Å². The summed E-state index contributed by atoms with van der Waals surface area (Å²) < 4.78 is 31.4. The van der Waals surface area contributed by atoms with Gasteiger partial charge in [-0.25, -0.2) is 14.8 Å². The topological polar surface area (TPSA) is 138 Å². The number of nitrogens with zero attached hydrogens (tertiary/aromatic N) is 5. The highest BCUT2D eigenvalue weighted by Crippen LogP contribution is 2.41. The molecule has 2 N–H and O–H groups in total. The molecule has 13 heteroatoms. The van der Waals surface area contributed by atoms with Crippen molar-refractivity contribution in [2.75, 3.05) is 7.11 Å². The number of ether oxygens (including phenoxy) is 2. The highest BCUT2D eigenvalue weighted by atomic mass is 32.2. The van der Waals surface area contributed by atoms with Crippen LogP contribution in [0.1, 0.15) is 93.2 Å². The molecule has 1 unspecified atom stereocenters. The lowest BCUT2D eigenvalue weighted by molar-refractivity contribution is 0.0719. The molecule has 4 aromatic heterocycles. The summed E-state index contributed by atoms with van der Waals surface area (Å²) >= 11 is -1.23. The van der Waals surface area contributed by atoms with Gasteiger partial charge in [0.05, 0.1) is 42.3 Å². The van der Waals surface area contributed by atoms with Gasteiger partial charge in [0.15, 0.2) is 5.88 Å². The van der Waals surface area contributed by atoms with E-state index in [2.05, 4.69) is 26.7 Å². The molecule has 6 heterocycles. The summed E-state index contributed by atoms with van der Waals surface area (Å²) in [7, 11) is 1.61. The van der Waals surface area contributed by atoms with Gasteiger partial charge in [-0.3, -0.25) is 9.20 Å². The van der Waals surface area contributed by atoms with Crippen molar-refractivity contribution >= 4 is 40.0 Å². The SMILES string of the molecule is COc1cc(C(=O)N2[C@H]3CC[C@@H]2[C@H](NC(=O)OCc2ccccc2)C3)cc2nc(-c3cc4ccc([C@@H](C)N[S+]([O-])C(C)(C)C)nc4n3CC3CC3)c(C)n12. The minimum absolute atomic E-state index is 0.0306. The number of aromatic nitrogens is 4. The first-order chi connectivity index (χ1) is 25.9. The molecular formula is C41H49N7O5S. The van der Waals surface area contributed by atoms with E-state index in [9.17, 15) is 14.1 Å². The van der Waals surface area contributed by atoms with Gasteiger partial charge in [0.25, 0.3) is 5.91 Å². The third kappa shape index (κ3) is 6.93. The number of aryl methyl sites for hydroxylation is 1. The first-order valence-corrected chi connectivity index (χ1v) is 20.1. The van der Waals surface area contributed by atoms with E-state index >= 15 is 0 Å². The largest absolute Gasteiger partial charge is 0.598 e. The van der Waals surface area contributed by atoms with Crippen LogP contribution in [-0.2, 0) is 29.3 Å². The number of nitrogens with one attached hydrogen (secondary N) is 2. The van der Waals surface area contributed by atoms with Crippen molar-refractivity contribution in [3.8, 4) is 17.3 Å². The molecule has 2 aliphatic heterocycles. The zero-order valence-corrected chi connectivity index (χ0v) is 32.6. The molecule has 3 aliphatic rings. The standard InChI is InChI=1S/C41H49N7O5S/c1-24(45-54(51)41(3,4)5)31-16-14-28-18-34(46(38(28)42-31)22-26-12-13-26)37-25(2)47-35(44-37)19-29(20-36(47)52-6)39(49)48-30-15-17-33(48)32(21-30)43-40(50)53-23-27-10-8-7-9-11-27/h7-11,14,16,18-20,24,26,30,32-33,45H,12-13,15,17,21-23H2,1-6H3,(H,43,50)/t24-,30+,32-,33-,54?/m1/s1. The van der Waals surface area contributed by atoms with E-state index in [0.29, 0.717) is 29.4 Å². The number of hydrogen-bond donors (Lipinski definition) is 2. The Labute approximate surface area is 318 Å². The summed E-state index contributed by atoms with van der Waals surface area (Å²) in [6.07, 6.45) is 4.28. The summed E-state index contributed by atoms with van der Waals surface area (Å²) in [5, 5.41) is 4.04. The third-order valence-corrected chi connectivity index (χ3v) is 12.8. The Morgan fingerprint density at radius 1 is 1.04 bits per heavy atom. The molecule has 1 aliphatic carbocycles. The Balaban J connectivity index is 1.07. The number of benzene rings is 1. The maximum Gasteiger partial charge on any atom is 0.407 e. The van der Waals surface area contributed by atoms with E-state index in [1.54, 1.807) is 13.2 Å². The first-order valence-electron chi connectivity index (χ1n) is 18.9. The van der Waals surface area contributed by atoms with Crippen LogP contribution in [0.5, 0.6) is 5.88 Å². The van der Waals surface area contributed by atoms with Crippen LogP contribution < -0.4 is 14.8 Å². The predicted octanol–water partition coefficient (Wildman–Crippen LogP) is 6.86. The lowest BCUT2D eigenvalue weighted by Crippen LogP contribution is -2.45. The molecule has 3 fully saturated rings. The zero-order valence-electron chi connectivity index (χ0n) is 31.8. The van der Waals surface area contributed by atoms with E-state index in [1.165, 1.54) is 12.8 Å². The number of rotatable bonds is 11. The number of fused-ring (bicyclic) bond motifs is 4. The second-order valence-corrected chi connectivity index (χ2v) is 18.0. The molecule has 12 nitrogen and oxygen atoms in total. The molecule has 2 bridgehead atoms. The fourth-order valence-corrected chi connectivity index (χ4v) is 8.83. The molecule has 2 amide bonds. The first kappa shape index (κ1) is 36.4. The van der Waals surface area contributed by atoms with E-state index in [1.807, 2.05) is 86.4 Å². The maximum absolute atomic E-state index is 14.3. The van der Waals surface area contributed by atoms with Crippen molar-refractivity contribution in [2.45, 2.75) is 109 Å². The Morgan fingerprint density at radius 2 is 1.81 bits per heavy atom. The van der Waals surface area contributed by atoms with Crippen LogP contribution >= 0.6 is 0 Å². The highest BCUT2D eigenvalue weighted by molar-refractivity contribution is 7.90. The normalized spacial score (nSPS) is 20.8. The lowest BCUT2D eigenvalue weighted by atomic mass is 9.96. The summed E-state index contributed by atoms with van der Waals surface area (Å²) in [5.41, 5.74) is 6.41. The van der Waals surface area contributed by atoms with Crippen molar-refractivity contribution < 1.29 is 23.6 Å². The molecule has 1 aromatic carbocycles. The van der Waals surface area contributed by atoms with Crippen LogP contribution in [0.2, 0.25) is 0 Å². The van der Waals surface area contributed by atoms with Crippen molar-refractivity contribution in [3.63, 3.8) is 0 Å². The van der Waals surface area contributed by atoms with E-state index in [0.717, 1.165) is 58.8 Å². The number of carbonyl (C=O) groups is 2. The van der Waals surface area contributed by atoms with Crippen LogP contribution in [0.25, 0.3) is 28.1 Å². The van der Waals surface area contributed by atoms with Gasteiger partial charge in [-0.2, -0.15) is 0 Å². The molecule has 5 atom stereocenters. The average Bonchev–Trinajstić information content (AvgIpc) is 3.46. The fraction of sp³-hybridized carbons (Fsp3) is 0.463. The summed E-state index contributed by atoms with van der Waals surface area (Å²) in [6.45, 7) is 10.9. The minimum atomic E-state index is -1.23. The van der Waals surface area contributed by atoms with Crippen LogP contribution in [0, 0.1) is 12.8 Å². The quantitative estimate of drug-likeness (QED) is 0.140. The van der Waals surface area contributed by atoms with E-state index < -0.39 is 22.2 Å². The minimum Gasteiger partial charge on any atom is -0.598 e. The smallest absolute Gasteiger partial charge is 0.407 e. The molecule has 284 valence electrons. The average molecular weight is 752 g/mol. The molecule has 8 rings (SSSR count). The lowest BCUT2D eigenvalue weighted by Gasteiger charge is -2.26. The van der Waals surface area contributed by atoms with E-state index in [4.69, 9.17) is 19.4 Å². The predicted molar refractivity (Wildman–Crippen MR) is 209 cm³/mol. The molecule has 2 saturated heterocycles. The second kappa shape index (κ2) is 14.2.